The molecule has 2 aromatic carbocycles. The number of nitrogens with zero attached hydrogens (tertiary/aromatic N) is 2. The third-order valence-corrected chi connectivity index (χ3v) is 5.30. The highest BCUT2D eigenvalue weighted by Gasteiger charge is 2.30. The topological polar surface area (TPSA) is 88.1 Å². The van der Waals surface area contributed by atoms with Gasteiger partial charge in [-0.1, -0.05) is 24.3 Å². The fraction of sp³-hybridized carbons (Fsp3) is 0.222. The summed E-state index contributed by atoms with van der Waals surface area (Å²) < 4.78 is 33.1. The summed E-state index contributed by atoms with van der Waals surface area (Å²) in [4.78, 5) is 13.9. The predicted molar refractivity (Wildman–Crippen MR) is 97.6 cm³/mol. The van der Waals surface area contributed by atoms with Crippen LogP contribution in [0.15, 0.2) is 57.8 Å². The maximum absolute atomic E-state index is 12.2. The number of hydrogen-bond acceptors (Lipinski definition) is 5. The zero-order valence-electron chi connectivity index (χ0n) is 14.5. The summed E-state index contributed by atoms with van der Waals surface area (Å²) >= 11 is 0. The van der Waals surface area contributed by atoms with Crippen LogP contribution in [0, 0.1) is 0 Å². The Hall–Kier alpha value is -2.87. The lowest BCUT2D eigenvalue weighted by Crippen LogP contribution is -2.38. The monoisotopic (exact) mass is 373 g/mol. The first-order chi connectivity index (χ1) is 12.4. The van der Waals surface area contributed by atoms with Gasteiger partial charge in [0.1, 0.15) is 10.6 Å². The van der Waals surface area contributed by atoms with Crippen LogP contribution in [0.5, 0.6) is 5.75 Å². The lowest BCUT2D eigenvalue weighted by Gasteiger charge is -2.18. The number of benzene rings is 2. The molecule has 0 atom stereocenters. The third-order valence-electron chi connectivity index (χ3n) is 3.98. The molecule has 1 N–H and O–H groups in total. The van der Waals surface area contributed by atoms with Crippen molar-refractivity contribution in [2.24, 2.45) is 4.40 Å². The number of sulfonamides is 1. The molecule has 0 fully saturated rings. The van der Waals surface area contributed by atoms with Crippen LogP contribution in [-0.2, 0) is 21.4 Å². The Morgan fingerprint density at radius 3 is 2.73 bits per heavy atom. The van der Waals surface area contributed by atoms with Crippen LogP contribution in [0.3, 0.4) is 0 Å². The van der Waals surface area contributed by atoms with E-state index in [1.807, 2.05) is 24.3 Å². The molecule has 0 aromatic heterocycles. The summed E-state index contributed by atoms with van der Waals surface area (Å²) in [5.41, 5.74) is 1.42. The van der Waals surface area contributed by atoms with Crippen LogP contribution in [0.4, 0.5) is 0 Å². The number of rotatable bonds is 5. The van der Waals surface area contributed by atoms with Crippen molar-refractivity contribution in [2.45, 2.75) is 11.4 Å². The molecule has 1 aliphatic rings. The Morgan fingerprint density at radius 2 is 1.96 bits per heavy atom. The van der Waals surface area contributed by atoms with Crippen molar-refractivity contribution in [1.29, 1.82) is 0 Å². The van der Waals surface area contributed by atoms with Gasteiger partial charge in [-0.2, -0.15) is 8.42 Å². The molecule has 0 saturated carbocycles. The van der Waals surface area contributed by atoms with Crippen LogP contribution in [0.2, 0.25) is 0 Å². The number of hydrogen-bond donors (Lipinski definition) is 1. The summed E-state index contributed by atoms with van der Waals surface area (Å²) in [5, 5.41) is 2.81. The van der Waals surface area contributed by atoms with Crippen molar-refractivity contribution in [3.8, 4) is 5.75 Å². The highest BCUT2D eigenvalue weighted by atomic mass is 32.2. The maximum atomic E-state index is 12.2. The van der Waals surface area contributed by atoms with E-state index in [-0.39, 0.29) is 23.2 Å². The Balaban J connectivity index is 1.65. The first-order valence-electron chi connectivity index (χ1n) is 7.96. The number of methoxy groups -OCH3 is 1. The molecule has 1 amide bonds. The second-order valence-corrected chi connectivity index (χ2v) is 7.44. The molecule has 0 saturated heterocycles. The molecule has 2 aromatic rings. The highest BCUT2D eigenvalue weighted by molar-refractivity contribution is 7.90. The molecule has 136 valence electrons. The highest BCUT2D eigenvalue weighted by Crippen LogP contribution is 2.26. The number of nitrogens with one attached hydrogen (secondary N) is 1. The van der Waals surface area contributed by atoms with Gasteiger partial charge >= 0.3 is 0 Å². The van der Waals surface area contributed by atoms with E-state index in [4.69, 9.17) is 4.74 Å². The van der Waals surface area contributed by atoms with E-state index in [2.05, 4.69) is 9.71 Å². The zero-order valence-corrected chi connectivity index (χ0v) is 15.3. The van der Waals surface area contributed by atoms with Crippen molar-refractivity contribution in [1.82, 2.24) is 10.2 Å². The smallest absolute Gasteiger partial charge is 0.285 e. The van der Waals surface area contributed by atoms with Crippen LogP contribution >= 0.6 is 0 Å². The summed E-state index contributed by atoms with van der Waals surface area (Å²) in [7, 11) is -0.473. The number of likely N-dealkylation sites (N-methyl/N-ethyl adjacent to an activating group) is 1. The van der Waals surface area contributed by atoms with Gasteiger partial charge < -0.3 is 15.0 Å². The van der Waals surface area contributed by atoms with Gasteiger partial charge in [-0.25, -0.2) is 0 Å². The van der Waals surface area contributed by atoms with Gasteiger partial charge in [0.15, 0.2) is 5.84 Å². The second kappa shape index (κ2) is 7.17. The second-order valence-electron chi connectivity index (χ2n) is 5.87. The van der Waals surface area contributed by atoms with Gasteiger partial charge in [-0.05, 0) is 29.8 Å². The van der Waals surface area contributed by atoms with Crippen molar-refractivity contribution in [2.75, 3.05) is 20.7 Å². The maximum Gasteiger partial charge on any atom is 0.285 e. The van der Waals surface area contributed by atoms with Gasteiger partial charge in [0.2, 0.25) is 5.91 Å². The first-order valence-corrected chi connectivity index (χ1v) is 9.40. The number of fused-ring (bicyclic) bond motifs is 1. The first kappa shape index (κ1) is 17.9. The van der Waals surface area contributed by atoms with Gasteiger partial charge in [-0.3, -0.25) is 4.79 Å². The molecule has 0 bridgehead atoms. The quantitative estimate of drug-likeness (QED) is 0.856. The fourth-order valence-electron chi connectivity index (χ4n) is 2.69. The predicted octanol–water partition coefficient (Wildman–Crippen LogP) is 1.39. The van der Waals surface area contributed by atoms with E-state index in [0.717, 1.165) is 11.3 Å². The Bertz CT molecular complexity index is 970. The van der Waals surface area contributed by atoms with Crippen molar-refractivity contribution in [3.63, 3.8) is 0 Å². The Kier molecular flexibility index (Phi) is 4.94. The normalized spacial score (nSPS) is 14.3. The molecule has 1 aliphatic heterocycles. The molecule has 0 aliphatic carbocycles. The van der Waals surface area contributed by atoms with Crippen molar-refractivity contribution < 1.29 is 17.9 Å². The Labute approximate surface area is 152 Å². The molecular weight excluding hydrogens is 354 g/mol. The number of carbonyl (C=O) groups excluding carboxylic acids is 1. The minimum Gasteiger partial charge on any atom is -0.497 e. The molecule has 0 radical (unpaired) electrons. The van der Waals surface area contributed by atoms with E-state index < -0.39 is 10.0 Å². The van der Waals surface area contributed by atoms with E-state index in [1.54, 1.807) is 32.4 Å². The molecular formula is C18H19N3O4S. The Morgan fingerprint density at radius 1 is 1.19 bits per heavy atom. The van der Waals surface area contributed by atoms with Crippen LogP contribution < -0.4 is 10.1 Å². The van der Waals surface area contributed by atoms with E-state index in [9.17, 15) is 13.2 Å². The van der Waals surface area contributed by atoms with Gasteiger partial charge in [-0.15, -0.1) is 4.40 Å². The number of carbonyl (C=O) groups is 1. The summed E-state index contributed by atoms with van der Waals surface area (Å²) in [6.45, 7) is 0.345. The SMILES string of the molecule is COc1cccc(CNC(=O)CN(C)C2=NS(=O)(=O)c3ccccc32)c1. The van der Waals surface area contributed by atoms with E-state index >= 15 is 0 Å². The lowest BCUT2D eigenvalue weighted by molar-refractivity contribution is -0.121. The van der Waals surface area contributed by atoms with Crippen LogP contribution in [0.1, 0.15) is 11.1 Å². The summed E-state index contributed by atoms with van der Waals surface area (Å²) in [6.07, 6.45) is 0. The minimum absolute atomic E-state index is 0.00729. The van der Waals surface area contributed by atoms with Gasteiger partial charge in [0.25, 0.3) is 10.0 Å². The summed E-state index contributed by atoms with van der Waals surface area (Å²) in [6, 6.07) is 14.0. The molecule has 8 heteroatoms. The largest absolute Gasteiger partial charge is 0.497 e. The minimum atomic E-state index is -3.70. The van der Waals surface area contributed by atoms with Gasteiger partial charge in [0, 0.05) is 19.2 Å². The molecule has 3 rings (SSSR count). The number of amides is 1. The third kappa shape index (κ3) is 3.70. The van der Waals surface area contributed by atoms with Crippen LogP contribution in [0.25, 0.3) is 0 Å². The number of amidine groups is 1. The average molecular weight is 373 g/mol. The average Bonchev–Trinajstić information content (AvgIpc) is 2.92. The molecule has 0 spiro atoms. The zero-order chi connectivity index (χ0) is 18.7. The van der Waals surface area contributed by atoms with E-state index in [1.165, 1.54) is 11.0 Å². The van der Waals surface area contributed by atoms with Gasteiger partial charge in [0.05, 0.1) is 13.7 Å². The lowest BCUT2D eigenvalue weighted by atomic mass is 10.2. The molecule has 7 nitrogen and oxygen atoms in total. The van der Waals surface area contributed by atoms with Crippen molar-refractivity contribution in [3.05, 3.63) is 59.7 Å². The van der Waals surface area contributed by atoms with Crippen LogP contribution in [-0.4, -0.2) is 45.8 Å². The summed E-state index contributed by atoms with van der Waals surface area (Å²) in [5.74, 6) is 0.757. The number of ether oxygens (including phenoxy) is 1. The molecule has 1 heterocycles. The standard InChI is InChI=1S/C18H19N3O4S/c1-21(18-15-8-3-4-9-16(15)26(23,24)20-18)12-17(22)19-11-13-6-5-7-14(10-13)25-2/h3-10H,11-12H2,1-2H3,(H,19,22). The molecule has 26 heavy (non-hydrogen) atoms. The fourth-order valence-corrected chi connectivity index (χ4v) is 3.94. The van der Waals surface area contributed by atoms with Crippen molar-refractivity contribution >= 4 is 21.8 Å². The van der Waals surface area contributed by atoms with E-state index in [0.29, 0.717) is 12.1 Å². The molecule has 0 unspecified atom stereocenters.